The molecule has 0 saturated carbocycles. The summed E-state index contributed by atoms with van der Waals surface area (Å²) in [5.41, 5.74) is 5.40. The number of phosphoric ester groups is 1. The van der Waals surface area contributed by atoms with Gasteiger partial charge in [-0.3, -0.25) is 18.6 Å². The summed E-state index contributed by atoms with van der Waals surface area (Å²) in [5.74, 6) is -0.810. The van der Waals surface area contributed by atoms with Crippen LogP contribution in [0.2, 0.25) is 0 Å². The van der Waals surface area contributed by atoms with Crippen LogP contribution in [0.5, 0.6) is 0 Å². The van der Waals surface area contributed by atoms with Crippen molar-refractivity contribution in [2.75, 3.05) is 26.4 Å². The Hall–Kier alpha value is -1.77. The molecule has 81 heavy (non-hydrogen) atoms. The number of phosphoric acid groups is 1. The molecule has 10 heteroatoms. The highest BCUT2D eigenvalue weighted by molar-refractivity contribution is 7.47. The first kappa shape index (κ1) is 79.2. The molecule has 0 bridgehead atoms. The van der Waals surface area contributed by atoms with Crippen molar-refractivity contribution in [1.29, 1.82) is 0 Å². The molecule has 0 aliphatic heterocycles. The van der Waals surface area contributed by atoms with E-state index in [4.69, 9.17) is 24.3 Å². The van der Waals surface area contributed by atoms with Gasteiger partial charge in [0.2, 0.25) is 0 Å². The number of nitrogens with two attached hydrogens (primary N) is 1. The standard InChI is InChI=1S/C71H136NO8P/c1-3-5-7-9-11-13-15-17-19-21-23-25-27-29-31-32-33-34-35-36-38-39-41-43-45-47-49-51-53-55-57-59-61-63-70(73)77-67-69(68-79-81(75,76)78-66-65-72)80-71(74)64-62-60-58-56-54-52-50-48-46-44-42-40-37-30-28-26-24-22-20-18-16-14-12-10-8-6-4-2/h16,18,22,24,28,30,69H,3-15,17,19-21,23,25-27,29,31-68,72H2,1-2H3,(H,75,76)/b18-16-,24-22-,30-28-. The number of hydrogen-bond acceptors (Lipinski definition) is 8. The van der Waals surface area contributed by atoms with Crippen molar-refractivity contribution in [1.82, 2.24) is 0 Å². The van der Waals surface area contributed by atoms with Gasteiger partial charge in [0.1, 0.15) is 6.61 Å². The van der Waals surface area contributed by atoms with Crippen LogP contribution >= 0.6 is 7.82 Å². The van der Waals surface area contributed by atoms with Gasteiger partial charge in [0.25, 0.3) is 0 Å². The van der Waals surface area contributed by atoms with Gasteiger partial charge in [-0.25, -0.2) is 4.57 Å². The van der Waals surface area contributed by atoms with Gasteiger partial charge < -0.3 is 20.1 Å². The molecule has 0 saturated heterocycles. The Morgan fingerprint density at radius 2 is 0.642 bits per heavy atom. The molecule has 3 N–H and O–H groups in total. The SMILES string of the molecule is CCCCCCC/C=C\C/C=C\C/C=C\CCCCCCCCCCCCCCC(=O)OC(COC(=O)CCCCCCCCCCCCCCCCCCCCCCCCCCCCCCCCCCC)COP(=O)(O)OCCN. The molecule has 0 aromatic heterocycles. The first-order chi connectivity index (χ1) is 39.8. The Labute approximate surface area is 503 Å². The molecule has 2 unspecified atom stereocenters. The van der Waals surface area contributed by atoms with Crippen LogP contribution in [0.15, 0.2) is 36.5 Å². The lowest BCUT2D eigenvalue weighted by Gasteiger charge is -2.19. The molecule has 0 aliphatic carbocycles. The molecule has 0 heterocycles. The third-order valence-electron chi connectivity index (χ3n) is 16.0. The van der Waals surface area contributed by atoms with Crippen molar-refractivity contribution >= 4 is 19.8 Å². The Morgan fingerprint density at radius 3 is 0.951 bits per heavy atom. The first-order valence-corrected chi connectivity index (χ1v) is 37.0. The zero-order chi connectivity index (χ0) is 58.7. The number of carbonyl (C=O) groups is 2. The van der Waals surface area contributed by atoms with Crippen LogP contribution in [-0.2, 0) is 32.7 Å². The number of carbonyl (C=O) groups excluding carboxylic acids is 2. The molecule has 478 valence electrons. The van der Waals surface area contributed by atoms with Crippen molar-refractivity contribution in [2.24, 2.45) is 5.73 Å². The lowest BCUT2D eigenvalue weighted by Crippen LogP contribution is -2.29. The van der Waals surface area contributed by atoms with E-state index in [1.54, 1.807) is 0 Å². The summed E-state index contributed by atoms with van der Waals surface area (Å²) in [6, 6.07) is 0. The molecule has 2 atom stereocenters. The third kappa shape index (κ3) is 67.2. The van der Waals surface area contributed by atoms with Crippen molar-refractivity contribution in [3.63, 3.8) is 0 Å². The number of ether oxygens (including phenoxy) is 2. The second-order valence-corrected chi connectivity index (χ2v) is 25.6. The fraction of sp³-hybridized carbons (Fsp3) is 0.887. The smallest absolute Gasteiger partial charge is 0.462 e. The summed E-state index contributed by atoms with van der Waals surface area (Å²) in [5, 5.41) is 0. The fourth-order valence-electron chi connectivity index (χ4n) is 10.8. The van der Waals surface area contributed by atoms with Crippen LogP contribution in [0.1, 0.15) is 373 Å². The quantitative estimate of drug-likeness (QED) is 0.0264. The largest absolute Gasteiger partial charge is 0.472 e. The number of unbranched alkanes of at least 4 members (excludes halogenated alkanes) is 49. The van der Waals surface area contributed by atoms with Crippen molar-refractivity contribution in [3.05, 3.63) is 36.5 Å². The Bertz CT molecular complexity index is 1420. The molecule has 0 spiro atoms. The van der Waals surface area contributed by atoms with E-state index < -0.39 is 26.5 Å². The molecular weight excluding hydrogens is 1030 g/mol. The zero-order valence-electron chi connectivity index (χ0n) is 53.8. The number of rotatable bonds is 68. The monoisotopic (exact) mass is 1160 g/mol. The maximum atomic E-state index is 12.8. The lowest BCUT2D eigenvalue weighted by atomic mass is 10.0. The highest BCUT2D eigenvalue weighted by atomic mass is 31.2. The minimum atomic E-state index is -4.39. The molecule has 0 amide bonds. The average Bonchev–Trinajstić information content (AvgIpc) is 3.46. The van der Waals surface area contributed by atoms with Crippen LogP contribution in [0.25, 0.3) is 0 Å². The van der Waals surface area contributed by atoms with E-state index in [2.05, 4.69) is 50.3 Å². The molecular formula is C71H136NO8P. The first-order valence-electron chi connectivity index (χ1n) is 35.5. The minimum Gasteiger partial charge on any atom is -0.462 e. The third-order valence-corrected chi connectivity index (χ3v) is 17.0. The normalized spacial score (nSPS) is 13.1. The summed E-state index contributed by atoms with van der Waals surface area (Å²) < 4.78 is 33.2. The number of esters is 2. The predicted molar refractivity (Wildman–Crippen MR) is 349 cm³/mol. The maximum absolute atomic E-state index is 12.8. The summed E-state index contributed by atoms with van der Waals surface area (Å²) >= 11 is 0. The average molecular weight is 1160 g/mol. The summed E-state index contributed by atoms with van der Waals surface area (Å²) in [4.78, 5) is 35.4. The molecule has 0 aromatic carbocycles. The molecule has 0 radical (unpaired) electrons. The minimum absolute atomic E-state index is 0.0548. The summed E-state index contributed by atoms with van der Waals surface area (Å²) in [7, 11) is -4.39. The van der Waals surface area contributed by atoms with E-state index in [1.165, 1.54) is 289 Å². The van der Waals surface area contributed by atoms with Crippen molar-refractivity contribution in [2.45, 2.75) is 380 Å². The van der Waals surface area contributed by atoms with E-state index in [0.717, 1.165) is 51.4 Å². The fourth-order valence-corrected chi connectivity index (χ4v) is 11.5. The Kier molecular flexibility index (Phi) is 65.9. The van der Waals surface area contributed by atoms with E-state index in [0.29, 0.717) is 6.42 Å². The van der Waals surface area contributed by atoms with E-state index >= 15 is 0 Å². The van der Waals surface area contributed by atoms with E-state index in [9.17, 15) is 19.0 Å². The zero-order valence-corrected chi connectivity index (χ0v) is 54.7. The molecule has 0 rings (SSSR count). The van der Waals surface area contributed by atoms with E-state index in [-0.39, 0.29) is 38.6 Å². The summed E-state index contributed by atoms with van der Waals surface area (Å²) in [6.07, 6.45) is 83.9. The molecule has 0 aliphatic rings. The summed E-state index contributed by atoms with van der Waals surface area (Å²) in [6.45, 7) is 3.80. The van der Waals surface area contributed by atoms with Gasteiger partial charge in [-0.05, 0) is 51.4 Å². The highest BCUT2D eigenvalue weighted by Crippen LogP contribution is 2.43. The van der Waals surface area contributed by atoms with Gasteiger partial charge in [-0.1, -0.05) is 346 Å². The van der Waals surface area contributed by atoms with Crippen LogP contribution < -0.4 is 5.73 Å². The lowest BCUT2D eigenvalue weighted by molar-refractivity contribution is -0.161. The van der Waals surface area contributed by atoms with Crippen LogP contribution in [-0.4, -0.2) is 49.3 Å². The van der Waals surface area contributed by atoms with E-state index in [1.807, 2.05) is 0 Å². The van der Waals surface area contributed by atoms with Crippen molar-refractivity contribution < 1.29 is 37.6 Å². The van der Waals surface area contributed by atoms with Gasteiger partial charge in [-0.15, -0.1) is 0 Å². The van der Waals surface area contributed by atoms with Gasteiger partial charge >= 0.3 is 19.8 Å². The van der Waals surface area contributed by atoms with Crippen LogP contribution in [0.4, 0.5) is 0 Å². The Morgan fingerprint density at radius 1 is 0.370 bits per heavy atom. The topological polar surface area (TPSA) is 134 Å². The van der Waals surface area contributed by atoms with Crippen LogP contribution in [0.3, 0.4) is 0 Å². The highest BCUT2D eigenvalue weighted by Gasteiger charge is 2.26. The molecule has 0 aromatic rings. The second-order valence-electron chi connectivity index (χ2n) is 24.1. The van der Waals surface area contributed by atoms with Gasteiger partial charge in [0, 0.05) is 19.4 Å². The van der Waals surface area contributed by atoms with Crippen molar-refractivity contribution in [3.8, 4) is 0 Å². The maximum Gasteiger partial charge on any atom is 0.472 e. The second kappa shape index (κ2) is 67.4. The van der Waals surface area contributed by atoms with Gasteiger partial charge in [0.05, 0.1) is 13.2 Å². The number of allylic oxidation sites excluding steroid dienone is 6. The van der Waals surface area contributed by atoms with Crippen LogP contribution in [0, 0.1) is 0 Å². The number of hydrogen-bond donors (Lipinski definition) is 2. The van der Waals surface area contributed by atoms with Gasteiger partial charge in [0.15, 0.2) is 6.10 Å². The predicted octanol–water partition coefficient (Wildman–Crippen LogP) is 23.1. The molecule has 9 nitrogen and oxygen atoms in total. The Balaban J connectivity index is 3.82. The van der Waals surface area contributed by atoms with Gasteiger partial charge in [-0.2, -0.15) is 0 Å². The molecule has 0 fully saturated rings.